The second kappa shape index (κ2) is 4.23. The SMILES string of the molecule is Cc1ccc2c(NC(=O)c3cccs3)noc2n1. The molecule has 0 fully saturated rings. The monoisotopic (exact) mass is 259 g/mol. The molecule has 0 aliphatic heterocycles. The number of carbonyl (C=O) groups is 1. The third-order valence-corrected chi connectivity index (χ3v) is 3.32. The van der Waals surface area contributed by atoms with E-state index in [2.05, 4.69) is 15.5 Å². The Balaban J connectivity index is 1.94. The van der Waals surface area contributed by atoms with Crippen LogP contribution in [0.3, 0.4) is 0 Å². The Morgan fingerprint density at radius 3 is 3.06 bits per heavy atom. The minimum Gasteiger partial charge on any atom is -0.334 e. The number of fused-ring (bicyclic) bond motifs is 1. The van der Waals surface area contributed by atoms with Gasteiger partial charge in [0, 0.05) is 5.69 Å². The van der Waals surface area contributed by atoms with Crippen molar-refractivity contribution in [3.63, 3.8) is 0 Å². The molecule has 3 aromatic heterocycles. The van der Waals surface area contributed by atoms with E-state index in [4.69, 9.17) is 4.52 Å². The van der Waals surface area contributed by atoms with Gasteiger partial charge < -0.3 is 9.84 Å². The number of nitrogens with one attached hydrogen (secondary N) is 1. The highest BCUT2D eigenvalue weighted by molar-refractivity contribution is 7.12. The molecule has 3 rings (SSSR count). The van der Waals surface area contributed by atoms with Crippen molar-refractivity contribution >= 4 is 34.2 Å². The van der Waals surface area contributed by atoms with E-state index in [9.17, 15) is 4.79 Å². The molecule has 1 N–H and O–H groups in total. The molecule has 0 bridgehead atoms. The van der Waals surface area contributed by atoms with E-state index in [1.54, 1.807) is 6.07 Å². The summed E-state index contributed by atoms with van der Waals surface area (Å²) >= 11 is 1.37. The van der Waals surface area contributed by atoms with E-state index < -0.39 is 0 Å². The normalized spacial score (nSPS) is 10.7. The van der Waals surface area contributed by atoms with Gasteiger partial charge in [-0.05, 0) is 30.5 Å². The van der Waals surface area contributed by atoms with Gasteiger partial charge in [-0.15, -0.1) is 11.3 Å². The maximum absolute atomic E-state index is 11.9. The first-order valence-electron chi connectivity index (χ1n) is 5.32. The average Bonchev–Trinajstić information content (AvgIpc) is 2.98. The van der Waals surface area contributed by atoms with Crippen LogP contribution in [0.5, 0.6) is 0 Å². The van der Waals surface area contributed by atoms with Crippen LogP contribution >= 0.6 is 11.3 Å². The van der Waals surface area contributed by atoms with Gasteiger partial charge in [0.2, 0.25) is 0 Å². The van der Waals surface area contributed by atoms with Crippen LogP contribution < -0.4 is 5.32 Å². The van der Waals surface area contributed by atoms with Gasteiger partial charge in [0.1, 0.15) is 0 Å². The number of aromatic nitrogens is 2. The van der Waals surface area contributed by atoms with Crippen molar-refractivity contribution in [2.45, 2.75) is 6.92 Å². The Hall–Kier alpha value is -2.21. The maximum atomic E-state index is 11.9. The zero-order valence-corrected chi connectivity index (χ0v) is 10.3. The molecule has 3 heterocycles. The Morgan fingerprint density at radius 1 is 1.39 bits per heavy atom. The average molecular weight is 259 g/mol. The molecule has 90 valence electrons. The quantitative estimate of drug-likeness (QED) is 0.768. The predicted molar refractivity (Wildman–Crippen MR) is 68.8 cm³/mol. The van der Waals surface area contributed by atoms with E-state index in [1.165, 1.54) is 11.3 Å². The van der Waals surface area contributed by atoms with E-state index in [0.717, 1.165) is 5.69 Å². The van der Waals surface area contributed by atoms with Crippen LogP contribution in [-0.4, -0.2) is 16.0 Å². The molecule has 0 saturated carbocycles. The van der Waals surface area contributed by atoms with Gasteiger partial charge in [-0.25, -0.2) is 4.98 Å². The molecule has 0 aromatic carbocycles. The number of thiophene rings is 1. The lowest BCUT2D eigenvalue weighted by Crippen LogP contribution is -2.10. The minimum atomic E-state index is -0.194. The van der Waals surface area contributed by atoms with E-state index in [0.29, 0.717) is 21.8 Å². The number of carbonyl (C=O) groups excluding carboxylic acids is 1. The van der Waals surface area contributed by atoms with Crippen LogP contribution in [0.25, 0.3) is 11.1 Å². The summed E-state index contributed by atoms with van der Waals surface area (Å²) in [7, 11) is 0. The topological polar surface area (TPSA) is 68.0 Å². The summed E-state index contributed by atoms with van der Waals surface area (Å²) in [6.07, 6.45) is 0. The molecule has 0 aliphatic rings. The van der Waals surface area contributed by atoms with Crippen molar-refractivity contribution in [2.75, 3.05) is 5.32 Å². The van der Waals surface area contributed by atoms with Crippen molar-refractivity contribution in [1.29, 1.82) is 0 Å². The minimum absolute atomic E-state index is 0.194. The summed E-state index contributed by atoms with van der Waals surface area (Å²) < 4.78 is 5.08. The summed E-state index contributed by atoms with van der Waals surface area (Å²) in [5.74, 6) is 0.205. The predicted octanol–water partition coefficient (Wildman–Crippen LogP) is 2.85. The zero-order chi connectivity index (χ0) is 12.5. The summed E-state index contributed by atoms with van der Waals surface area (Å²) in [4.78, 5) is 16.7. The number of hydrogen-bond acceptors (Lipinski definition) is 5. The number of pyridine rings is 1. The third-order valence-electron chi connectivity index (χ3n) is 2.45. The fraction of sp³-hybridized carbons (Fsp3) is 0.0833. The molecule has 3 aromatic rings. The highest BCUT2D eigenvalue weighted by Gasteiger charge is 2.13. The van der Waals surface area contributed by atoms with E-state index in [1.807, 2.05) is 30.5 Å². The maximum Gasteiger partial charge on any atom is 0.266 e. The summed E-state index contributed by atoms with van der Waals surface area (Å²) in [5, 5.41) is 9.08. The molecule has 0 aliphatic carbocycles. The summed E-state index contributed by atoms with van der Waals surface area (Å²) in [6, 6.07) is 7.26. The van der Waals surface area contributed by atoms with Crippen LogP contribution in [-0.2, 0) is 0 Å². The van der Waals surface area contributed by atoms with Crippen LogP contribution in [0.1, 0.15) is 15.4 Å². The van der Waals surface area contributed by atoms with Crippen LogP contribution in [0.4, 0.5) is 5.82 Å². The number of aryl methyl sites for hydroxylation is 1. The van der Waals surface area contributed by atoms with Crippen LogP contribution in [0, 0.1) is 6.92 Å². The van der Waals surface area contributed by atoms with Gasteiger partial charge in [-0.2, -0.15) is 0 Å². The Bertz CT molecular complexity index is 703. The molecule has 0 radical (unpaired) electrons. The van der Waals surface area contributed by atoms with Crippen LogP contribution in [0.2, 0.25) is 0 Å². The van der Waals surface area contributed by atoms with E-state index in [-0.39, 0.29) is 5.91 Å². The van der Waals surface area contributed by atoms with Gasteiger partial charge in [-0.3, -0.25) is 4.79 Å². The lowest BCUT2D eigenvalue weighted by molar-refractivity contribution is 0.103. The van der Waals surface area contributed by atoms with Crippen molar-refractivity contribution in [2.24, 2.45) is 0 Å². The first kappa shape index (κ1) is 10.9. The second-order valence-corrected chi connectivity index (χ2v) is 4.72. The number of rotatable bonds is 2. The van der Waals surface area contributed by atoms with Crippen molar-refractivity contribution in [3.8, 4) is 0 Å². The number of hydrogen-bond donors (Lipinski definition) is 1. The number of amides is 1. The molecule has 5 nitrogen and oxygen atoms in total. The molecule has 0 unspecified atom stereocenters. The molecule has 0 spiro atoms. The standard InChI is InChI=1S/C12H9N3O2S/c1-7-4-5-8-10(15-17-12(8)13-7)14-11(16)9-3-2-6-18-9/h2-6H,1H3,(H,14,15,16). The zero-order valence-electron chi connectivity index (χ0n) is 9.51. The van der Waals surface area contributed by atoms with Gasteiger partial charge in [-0.1, -0.05) is 11.2 Å². The molecule has 0 saturated heterocycles. The lowest BCUT2D eigenvalue weighted by atomic mass is 10.3. The van der Waals surface area contributed by atoms with Crippen molar-refractivity contribution in [3.05, 3.63) is 40.2 Å². The third kappa shape index (κ3) is 1.86. The number of anilines is 1. The highest BCUT2D eigenvalue weighted by Crippen LogP contribution is 2.22. The molecule has 0 atom stereocenters. The van der Waals surface area contributed by atoms with E-state index >= 15 is 0 Å². The Kier molecular flexibility index (Phi) is 2.56. The number of nitrogens with zero attached hydrogens (tertiary/aromatic N) is 2. The fourth-order valence-electron chi connectivity index (χ4n) is 1.59. The van der Waals surface area contributed by atoms with Crippen molar-refractivity contribution in [1.82, 2.24) is 10.1 Å². The molecular formula is C12H9N3O2S. The largest absolute Gasteiger partial charge is 0.334 e. The van der Waals surface area contributed by atoms with Crippen molar-refractivity contribution < 1.29 is 9.32 Å². The molecule has 6 heteroatoms. The van der Waals surface area contributed by atoms with Gasteiger partial charge in [0.05, 0.1) is 10.3 Å². The smallest absolute Gasteiger partial charge is 0.266 e. The van der Waals surface area contributed by atoms with Gasteiger partial charge >= 0.3 is 0 Å². The first-order chi connectivity index (χ1) is 8.74. The van der Waals surface area contributed by atoms with Crippen LogP contribution in [0.15, 0.2) is 34.2 Å². The summed E-state index contributed by atoms with van der Waals surface area (Å²) in [6.45, 7) is 1.87. The van der Waals surface area contributed by atoms with Gasteiger partial charge in [0.25, 0.3) is 11.6 Å². The molecule has 18 heavy (non-hydrogen) atoms. The Labute approximate surface area is 106 Å². The van der Waals surface area contributed by atoms with Gasteiger partial charge in [0.15, 0.2) is 5.82 Å². The second-order valence-electron chi connectivity index (χ2n) is 3.77. The summed E-state index contributed by atoms with van der Waals surface area (Å²) in [5.41, 5.74) is 1.27. The molecular weight excluding hydrogens is 250 g/mol. The first-order valence-corrected chi connectivity index (χ1v) is 6.20. The fourth-order valence-corrected chi connectivity index (χ4v) is 2.21. The lowest BCUT2D eigenvalue weighted by Gasteiger charge is -1.98. The molecule has 1 amide bonds. The highest BCUT2D eigenvalue weighted by atomic mass is 32.1. The Morgan fingerprint density at radius 2 is 2.28 bits per heavy atom.